The Morgan fingerprint density at radius 3 is 2.73 bits per heavy atom. The SMILES string of the molecule is CCCCNP(=O)(O)CCCl. The largest absolute Gasteiger partial charge is 0.333 e. The average Bonchev–Trinajstić information content (AvgIpc) is 1.87. The predicted molar refractivity (Wildman–Crippen MR) is 48.3 cm³/mol. The van der Waals surface area contributed by atoms with Gasteiger partial charge in [-0.3, -0.25) is 4.57 Å². The first-order valence-corrected chi connectivity index (χ1v) is 6.13. The molecule has 0 aliphatic carbocycles. The zero-order valence-corrected chi connectivity index (χ0v) is 8.37. The minimum Gasteiger partial charge on any atom is -0.333 e. The number of rotatable bonds is 6. The van der Waals surface area contributed by atoms with Crippen molar-refractivity contribution in [1.82, 2.24) is 5.09 Å². The fourth-order valence-corrected chi connectivity index (χ4v) is 2.21. The summed E-state index contributed by atoms with van der Waals surface area (Å²) in [6.07, 6.45) is 2.10. The third-order valence-electron chi connectivity index (χ3n) is 1.28. The first kappa shape index (κ1) is 11.4. The van der Waals surface area contributed by atoms with Crippen molar-refractivity contribution in [2.24, 2.45) is 0 Å². The van der Waals surface area contributed by atoms with Gasteiger partial charge in [0, 0.05) is 12.4 Å². The minimum absolute atomic E-state index is 0.151. The lowest BCUT2D eigenvalue weighted by Crippen LogP contribution is -2.14. The van der Waals surface area contributed by atoms with E-state index in [4.69, 9.17) is 16.5 Å². The maximum atomic E-state index is 11.0. The molecule has 0 aromatic rings. The molecule has 1 unspecified atom stereocenters. The van der Waals surface area contributed by atoms with E-state index in [0.29, 0.717) is 6.54 Å². The van der Waals surface area contributed by atoms with Crippen LogP contribution in [0, 0.1) is 0 Å². The van der Waals surface area contributed by atoms with E-state index < -0.39 is 7.52 Å². The Kier molecular flexibility index (Phi) is 6.25. The van der Waals surface area contributed by atoms with Crippen LogP contribution in [0.4, 0.5) is 0 Å². The maximum absolute atomic E-state index is 11.0. The summed E-state index contributed by atoms with van der Waals surface area (Å²) >= 11 is 5.33. The van der Waals surface area contributed by atoms with Crippen LogP contribution in [0.25, 0.3) is 0 Å². The first-order valence-electron chi connectivity index (χ1n) is 3.75. The van der Waals surface area contributed by atoms with Crippen LogP contribution >= 0.6 is 19.1 Å². The topological polar surface area (TPSA) is 49.3 Å². The fourth-order valence-electron chi connectivity index (χ4n) is 0.624. The lowest BCUT2D eigenvalue weighted by atomic mass is 10.3. The fraction of sp³-hybridized carbons (Fsp3) is 1.00. The van der Waals surface area contributed by atoms with Gasteiger partial charge in [-0.05, 0) is 6.42 Å². The number of hydrogen-bond acceptors (Lipinski definition) is 1. The number of alkyl halides is 1. The van der Waals surface area contributed by atoms with Crippen molar-refractivity contribution in [1.29, 1.82) is 0 Å². The lowest BCUT2D eigenvalue weighted by Gasteiger charge is -2.10. The van der Waals surface area contributed by atoms with E-state index >= 15 is 0 Å². The van der Waals surface area contributed by atoms with Gasteiger partial charge in [-0.1, -0.05) is 13.3 Å². The molecule has 5 heteroatoms. The number of halogens is 1. The summed E-state index contributed by atoms with van der Waals surface area (Å²) in [5, 5.41) is 2.59. The van der Waals surface area contributed by atoms with Gasteiger partial charge in [0.1, 0.15) is 0 Å². The minimum atomic E-state index is -3.10. The van der Waals surface area contributed by atoms with E-state index in [1.807, 2.05) is 6.92 Å². The lowest BCUT2D eigenvalue weighted by molar-refractivity contribution is 0.463. The van der Waals surface area contributed by atoms with E-state index in [-0.39, 0.29) is 12.0 Å². The second kappa shape index (κ2) is 6.01. The zero-order valence-electron chi connectivity index (χ0n) is 6.72. The van der Waals surface area contributed by atoms with Crippen molar-refractivity contribution in [3.8, 4) is 0 Å². The smallest absolute Gasteiger partial charge is 0.268 e. The van der Waals surface area contributed by atoms with E-state index in [1.165, 1.54) is 0 Å². The van der Waals surface area contributed by atoms with Gasteiger partial charge in [0.2, 0.25) is 0 Å². The molecule has 0 aliphatic rings. The van der Waals surface area contributed by atoms with Gasteiger partial charge in [-0.15, -0.1) is 11.6 Å². The summed E-state index contributed by atoms with van der Waals surface area (Å²) in [5.41, 5.74) is 0. The Hall–Kier alpha value is 0.440. The maximum Gasteiger partial charge on any atom is 0.268 e. The van der Waals surface area contributed by atoms with E-state index in [1.54, 1.807) is 0 Å². The molecule has 0 aromatic carbocycles. The molecule has 0 fully saturated rings. The molecular formula is C6H15ClNO2P. The highest BCUT2D eigenvalue weighted by atomic mass is 35.5. The van der Waals surface area contributed by atoms with Crippen molar-refractivity contribution in [2.45, 2.75) is 19.8 Å². The molecule has 0 saturated heterocycles. The Morgan fingerprint density at radius 1 is 1.64 bits per heavy atom. The molecule has 0 aromatic heterocycles. The predicted octanol–water partition coefficient (Wildman–Crippen LogP) is 1.80. The highest BCUT2D eigenvalue weighted by molar-refractivity contribution is 7.55. The summed E-state index contributed by atoms with van der Waals surface area (Å²) in [6.45, 7) is 2.63. The molecule has 0 radical (unpaired) electrons. The van der Waals surface area contributed by atoms with E-state index in [0.717, 1.165) is 12.8 Å². The molecule has 0 saturated carbocycles. The second-order valence-electron chi connectivity index (χ2n) is 2.38. The molecule has 0 bridgehead atoms. The zero-order chi connectivity index (χ0) is 8.74. The third-order valence-corrected chi connectivity index (χ3v) is 3.28. The van der Waals surface area contributed by atoms with E-state index in [2.05, 4.69) is 5.09 Å². The standard InChI is InChI=1S/C6H15ClNO2P/c1-2-3-5-8-11(9,10)6-4-7/h2-6H2,1H3,(H2,8,9,10). The Balaban J connectivity index is 3.47. The Labute approximate surface area is 72.6 Å². The van der Waals surface area contributed by atoms with Gasteiger partial charge < -0.3 is 4.89 Å². The van der Waals surface area contributed by atoms with Crippen LogP contribution in [0.2, 0.25) is 0 Å². The summed E-state index contributed by atoms with van der Waals surface area (Å²) in [7, 11) is -3.10. The summed E-state index contributed by atoms with van der Waals surface area (Å²) < 4.78 is 11.0. The molecule has 0 heterocycles. The molecule has 2 N–H and O–H groups in total. The van der Waals surface area contributed by atoms with Gasteiger partial charge in [0.05, 0.1) is 6.16 Å². The Morgan fingerprint density at radius 2 is 2.27 bits per heavy atom. The third kappa shape index (κ3) is 6.82. The molecule has 11 heavy (non-hydrogen) atoms. The van der Waals surface area contributed by atoms with Crippen molar-refractivity contribution < 1.29 is 9.46 Å². The van der Waals surface area contributed by atoms with Gasteiger partial charge in [0.25, 0.3) is 7.52 Å². The normalized spacial score (nSPS) is 16.3. The van der Waals surface area contributed by atoms with Gasteiger partial charge in [-0.25, -0.2) is 5.09 Å². The van der Waals surface area contributed by atoms with Crippen LogP contribution in [0.1, 0.15) is 19.8 Å². The van der Waals surface area contributed by atoms with Crippen LogP contribution in [0.15, 0.2) is 0 Å². The molecule has 1 atom stereocenters. The number of nitrogens with one attached hydrogen (secondary N) is 1. The van der Waals surface area contributed by atoms with Crippen molar-refractivity contribution in [2.75, 3.05) is 18.6 Å². The highest BCUT2D eigenvalue weighted by Gasteiger charge is 2.14. The molecule has 68 valence electrons. The van der Waals surface area contributed by atoms with Gasteiger partial charge in [-0.2, -0.15) is 0 Å². The number of hydrogen-bond donors (Lipinski definition) is 2. The molecular weight excluding hydrogens is 184 g/mol. The summed E-state index contributed by atoms with van der Waals surface area (Å²) in [5.74, 6) is 0.229. The van der Waals surface area contributed by atoms with Crippen molar-refractivity contribution >= 4 is 19.1 Å². The molecule has 0 rings (SSSR count). The first-order chi connectivity index (χ1) is 5.12. The Bertz CT molecular complexity index is 143. The van der Waals surface area contributed by atoms with Crippen LogP contribution < -0.4 is 5.09 Å². The van der Waals surface area contributed by atoms with Crippen LogP contribution in [-0.2, 0) is 4.57 Å². The highest BCUT2D eigenvalue weighted by Crippen LogP contribution is 2.34. The van der Waals surface area contributed by atoms with Crippen LogP contribution in [0.5, 0.6) is 0 Å². The average molecular weight is 200 g/mol. The van der Waals surface area contributed by atoms with E-state index in [9.17, 15) is 4.57 Å². The quantitative estimate of drug-likeness (QED) is 0.390. The van der Waals surface area contributed by atoms with Crippen molar-refractivity contribution in [3.05, 3.63) is 0 Å². The van der Waals surface area contributed by atoms with Gasteiger partial charge >= 0.3 is 0 Å². The monoisotopic (exact) mass is 199 g/mol. The number of unbranched alkanes of at least 4 members (excludes halogenated alkanes) is 1. The molecule has 0 aliphatic heterocycles. The second-order valence-corrected chi connectivity index (χ2v) is 4.92. The molecule has 3 nitrogen and oxygen atoms in total. The van der Waals surface area contributed by atoms with Crippen LogP contribution in [0.3, 0.4) is 0 Å². The molecule has 0 spiro atoms. The van der Waals surface area contributed by atoms with Crippen LogP contribution in [-0.4, -0.2) is 23.5 Å². The summed E-state index contributed by atoms with van der Waals surface area (Å²) in [4.78, 5) is 9.10. The molecule has 0 amide bonds. The van der Waals surface area contributed by atoms with Gasteiger partial charge in [0.15, 0.2) is 0 Å². The van der Waals surface area contributed by atoms with Crippen molar-refractivity contribution in [3.63, 3.8) is 0 Å². The summed E-state index contributed by atoms with van der Waals surface area (Å²) in [6, 6.07) is 0.